The highest BCUT2D eigenvalue weighted by Crippen LogP contribution is 2.27. The summed E-state index contributed by atoms with van der Waals surface area (Å²) in [5.74, 6) is 1.74. The van der Waals surface area contributed by atoms with Crippen molar-refractivity contribution in [1.29, 1.82) is 0 Å². The summed E-state index contributed by atoms with van der Waals surface area (Å²) >= 11 is 1.58. The van der Waals surface area contributed by atoms with Gasteiger partial charge in [0, 0.05) is 17.5 Å². The van der Waals surface area contributed by atoms with Gasteiger partial charge in [-0.2, -0.15) is 0 Å². The molecule has 31 heavy (non-hydrogen) atoms. The number of amides is 1. The summed E-state index contributed by atoms with van der Waals surface area (Å²) < 4.78 is 6.06. The maximum atomic E-state index is 13.1. The number of rotatable bonds is 9. The maximum Gasteiger partial charge on any atom is 0.254 e. The van der Waals surface area contributed by atoms with Crippen LogP contribution in [0.3, 0.4) is 0 Å². The van der Waals surface area contributed by atoms with Gasteiger partial charge in [0.1, 0.15) is 17.4 Å². The van der Waals surface area contributed by atoms with Gasteiger partial charge >= 0.3 is 0 Å². The van der Waals surface area contributed by atoms with Crippen LogP contribution in [-0.4, -0.2) is 22.3 Å². The summed E-state index contributed by atoms with van der Waals surface area (Å²) in [5, 5.41) is 2.95. The monoisotopic (exact) mass is 436 g/mol. The first kappa shape index (κ1) is 23.0. The van der Waals surface area contributed by atoms with Crippen molar-refractivity contribution in [2.45, 2.75) is 53.7 Å². The number of hydrogen-bond donors (Lipinski definition) is 0. The third kappa shape index (κ3) is 6.41. The Morgan fingerprint density at radius 3 is 2.45 bits per heavy atom. The van der Waals surface area contributed by atoms with Crippen LogP contribution in [0.5, 0.6) is 5.75 Å². The molecule has 4 nitrogen and oxygen atoms in total. The molecule has 0 fully saturated rings. The fourth-order valence-electron chi connectivity index (χ4n) is 3.45. The molecule has 1 amide bonds. The second kappa shape index (κ2) is 10.6. The molecule has 1 heterocycles. The van der Waals surface area contributed by atoms with Gasteiger partial charge in [-0.1, -0.05) is 63.6 Å². The average Bonchev–Trinajstić information content (AvgIpc) is 3.19. The van der Waals surface area contributed by atoms with E-state index >= 15 is 0 Å². The lowest BCUT2D eigenvalue weighted by atomic mass is 10.0. The predicted octanol–water partition coefficient (Wildman–Crippen LogP) is 6.45. The number of hydrogen-bond acceptors (Lipinski definition) is 4. The van der Waals surface area contributed by atoms with Crippen molar-refractivity contribution in [1.82, 2.24) is 9.88 Å². The minimum absolute atomic E-state index is 0.0466. The van der Waals surface area contributed by atoms with Crippen molar-refractivity contribution in [3.63, 3.8) is 0 Å². The molecular formula is C26H32N2O2S. The topological polar surface area (TPSA) is 42.4 Å². The van der Waals surface area contributed by atoms with Gasteiger partial charge in [-0.3, -0.25) is 4.79 Å². The number of para-hydroxylation sites is 1. The van der Waals surface area contributed by atoms with Crippen LogP contribution in [0.15, 0.2) is 53.9 Å². The minimum Gasteiger partial charge on any atom is -0.486 e. The zero-order chi connectivity index (χ0) is 22.4. The van der Waals surface area contributed by atoms with Crippen LogP contribution in [0.4, 0.5) is 0 Å². The molecule has 0 atom stereocenters. The number of aromatic nitrogens is 1. The van der Waals surface area contributed by atoms with Crippen molar-refractivity contribution in [3.05, 3.63) is 81.3 Å². The molecule has 164 valence electrons. The highest BCUT2D eigenvalue weighted by atomic mass is 32.1. The Hall–Kier alpha value is -2.66. The summed E-state index contributed by atoms with van der Waals surface area (Å²) in [6.07, 6.45) is 0. The van der Waals surface area contributed by atoms with Gasteiger partial charge in [0.2, 0.25) is 0 Å². The van der Waals surface area contributed by atoms with Crippen molar-refractivity contribution in [3.8, 4) is 5.75 Å². The first-order chi connectivity index (χ1) is 14.8. The third-order valence-corrected chi connectivity index (χ3v) is 5.89. The standard InChI is InChI=1S/C26H32N2O2S/c1-18(2)14-28(26(29)21-12-10-20(5)11-13-21)15-22-17-31-25(27-22)16-30-24-9-7-6-8-23(24)19(3)4/h6-13,17-19H,14-16H2,1-5H3. The van der Waals surface area contributed by atoms with Crippen LogP contribution in [0.1, 0.15) is 65.8 Å². The molecule has 3 aromatic rings. The van der Waals surface area contributed by atoms with E-state index in [9.17, 15) is 4.79 Å². The molecule has 0 aliphatic carbocycles. The largest absolute Gasteiger partial charge is 0.486 e. The highest BCUT2D eigenvalue weighted by Gasteiger charge is 2.19. The van der Waals surface area contributed by atoms with E-state index in [-0.39, 0.29) is 5.91 Å². The summed E-state index contributed by atoms with van der Waals surface area (Å²) in [7, 11) is 0. The normalized spacial score (nSPS) is 11.2. The van der Waals surface area contributed by atoms with Crippen molar-refractivity contribution in [2.75, 3.05) is 6.54 Å². The lowest BCUT2D eigenvalue weighted by molar-refractivity contribution is 0.0720. The molecule has 0 saturated heterocycles. The number of nitrogens with zero attached hydrogens (tertiary/aromatic N) is 2. The molecule has 3 rings (SSSR count). The van der Waals surface area contributed by atoms with Gasteiger partial charge in [0.05, 0.1) is 12.2 Å². The average molecular weight is 437 g/mol. The zero-order valence-corrected chi connectivity index (χ0v) is 19.9. The van der Waals surface area contributed by atoms with Crippen LogP contribution in [-0.2, 0) is 13.2 Å². The van der Waals surface area contributed by atoms with E-state index in [1.165, 1.54) is 5.56 Å². The van der Waals surface area contributed by atoms with E-state index in [0.29, 0.717) is 31.5 Å². The molecule has 0 aliphatic rings. The molecule has 0 N–H and O–H groups in total. The van der Waals surface area contributed by atoms with Gasteiger partial charge in [0.15, 0.2) is 0 Å². The van der Waals surface area contributed by atoms with E-state index in [1.54, 1.807) is 11.3 Å². The lowest BCUT2D eigenvalue weighted by Crippen LogP contribution is -2.33. The number of ether oxygens (including phenoxy) is 1. The van der Waals surface area contributed by atoms with Gasteiger partial charge in [-0.15, -0.1) is 11.3 Å². The molecule has 2 aromatic carbocycles. The second-order valence-corrected chi connectivity index (χ2v) is 9.60. The number of aryl methyl sites for hydroxylation is 1. The highest BCUT2D eigenvalue weighted by molar-refractivity contribution is 7.09. The van der Waals surface area contributed by atoms with Crippen LogP contribution in [0.2, 0.25) is 0 Å². The number of carbonyl (C=O) groups excluding carboxylic acids is 1. The fraction of sp³-hybridized carbons (Fsp3) is 0.385. The smallest absolute Gasteiger partial charge is 0.254 e. The van der Waals surface area contributed by atoms with Crippen LogP contribution in [0.25, 0.3) is 0 Å². The van der Waals surface area contributed by atoms with E-state index in [0.717, 1.165) is 27.6 Å². The molecule has 0 aliphatic heterocycles. The SMILES string of the molecule is Cc1ccc(C(=O)N(Cc2csc(COc3ccccc3C(C)C)n2)CC(C)C)cc1. The first-order valence-corrected chi connectivity index (χ1v) is 11.7. The van der Waals surface area contributed by atoms with Crippen molar-refractivity contribution < 1.29 is 9.53 Å². The van der Waals surface area contributed by atoms with E-state index in [2.05, 4.69) is 33.8 Å². The Kier molecular flexibility index (Phi) is 7.85. The maximum absolute atomic E-state index is 13.1. The minimum atomic E-state index is 0.0466. The number of thiazole rings is 1. The number of carbonyl (C=O) groups is 1. The van der Waals surface area contributed by atoms with Crippen LogP contribution in [0, 0.1) is 12.8 Å². The Morgan fingerprint density at radius 2 is 1.77 bits per heavy atom. The fourth-order valence-corrected chi connectivity index (χ4v) is 4.15. The van der Waals surface area contributed by atoms with E-state index in [1.807, 2.05) is 59.7 Å². The Morgan fingerprint density at radius 1 is 1.06 bits per heavy atom. The summed E-state index contributed by atoms with van der Waals surface area (Å²) in [6.45, 7) is 12.2. The second-order valence-electron chi connectivity index (χ2n) is 8.66. The first-order valence-electron chi connectivity index (χ1n) is 10.8. The van der Waals surface area contributed by atoms with Gasteiger partial charge in [-0.05, 0) is 42.5 Å². The zero-order valence-electron chi connectivity index (χ0n) is 19.1. The summed E-state index contributed by atoms with van der Waals surface area (Å²) in [4.78, 5) is 19.7. The molecule has 0 saturated carbocycles. The van der Waals surface area contributed by atoms with Crippen molar-refractivity contribution >= 4 is 17.2 Å². The molecule has 5 heteroatoms. The van der Waals surface area contributed by atoms with Gasteiger partial charge in [-0.25, -0.2) is 4.98 Å². The quantitative estimate of drug-likeness (QED) is 0.387. The van der Waals surface area contributed by atoms with Gasteiger partial charge in [0.25, 0.3) is 5.91 Å². The summed E-state index contributed by atoms with van der Waals surface area (Å²) in [6, 6.07) is 15.9. The number of benzene rings is 2. The van der Waals surface area contributed by atoms with Crippen LogP contribution >= 0.6 is 11.3 Å². The molecular weight excluding hydrogens is 404 g/mol. The summed E-state index contributed by atoms with van der Waals surface area (Å²) in [5.41, 5.74) is 3.97. The van der Waals surface area contributed by atoms with E-state index in [4.69, 9.17) is 9.72 Å². The van der Waals surface area contributed by atoms with Crippen LogP contribution < -0.4 is 4.74 Å². The van der Waals surface area contributed by atoms with E-state index < -0.39 is 0 Å². The molecule has 1 aromatic heterocycles. The predicted molar refractivity (Wildman–Crippen MR) is 128 cm³/mol. The Labute approximate surface area is 189 Å². The molecule has 0 spiro atoms. The molecule has 0 unspecified atom stereocenters. The Bertz CT molecular complexity index is 993. The Balaban J connectivity index is 1.68. The molecule has 0 bridgehead atoms. The third-order valence-electron chi connectivity index (χ3n) is 5.02. The molecule has 0 radical (unpaired) electrons. The lowest BCUT2D eigenvalue weighted by Gasteiger charge is -2.24. The van der Waals surface area contributed by atoms with Crippen molar-refractivity contribution in [2.24, 2.45) is 5.92 Å². The van der Waals surface area contributed by atoms with Gasteiger partial charge < -0.3 is 9.64 Å².